The smallest absolute Gasteiger partial charge is 0.408 e. The lowest BCUT2D eigenvalue weighted by Crippen LogP contribution is -2.51. The van der Waals surface area contributed by atoms with Gasteiger partial charge in [-0.3, -0.25) is 4.68 Å². The fraction of sp³-hybridized carbons (Fsp3) is 0.765. The first-order chi connectivity index (χ1) is 10.4. The highest BCUT2D eigenvalue weighted by Gasteiger charge is 2.24. The molecule has 0 saturated carbocycles. The maximum atomic E-state index is 11.9. The van der Waals surface area contributed by atoms with Crippen molar-refractivity contribution in [3.05, 3.63) is 17.5 Å². The summed E-state index contributed by atoms with van der Waals surface area (Å²) in [5.74, 6) is 0.390. The average Bonchev–Trinajstić information content (AvgIpc) is 2.66. The molecule has 1 aromatic rings. The van der Waals surface area contributed by atoms with E-state index < -0.39 is 17.2 Å². The standard InChI is InChI=1S/C17H32N4O2/c1-12(2)14-13(10-21(8)20-14)9-18-11-17(6,7)19-15(22)23-16(3,4)5/h10,12,18H,9,11H2,1-8H3,(H,19,22). The second kappa shape index (κ2) is 7.34. The molecule has 1 heterocycles. The van der Waals surface area contributed by atoms with Crippen molar-refractivity contribution in [2.24, 2.45) is 7.05 Å². The van der Waals surface area contributed by atoms with Crippen molar-refractivity contribution >= 4 is 6.09 Å². The van der Waals surface area contributed by atoms with Crippen LogP contribution in [0.25, 0.3) is 0 Å². The van der Waals surface area contributed by atoms with Gasteiger partial charge < -0.3 is 15.4 Å². The van der Waals surface area contributed by atoms with Crippen molar-refractivity contribution in [1.82, 2.24) is 20.4 Å². The predicted octanol–water partition coefficient (Wildman–Crippen LogP) is 2.94. The highest BCUT2D eigenvalue weighted by atomic mass is 16.6. The van der Waals surface area contributed by atoms with Crippen molar-refractivity contribution in [1.29, 1.82) is 0 Å². The van der Waals surface area contributed by atoms with E-state index in [1.165, 1.54) is 5.56 Å². The van der Waals surface area contributed by atoms with Crippen LogP contribution < -0.4 is 10.6 Å². The summed E-state index contributed by atoms with van der Waals surface area (Å²) in [6.45, 7) is 15.1. The summed E-state index contributed by atoms with van der Waals surface area (Å²) in [7, 11) is 1.93. The minimum atomic E-state index is -0.491. The molecule has 0 aliphatic carbocycles. The zero-order chi connectivity index (χ0) is 17.8. The average molecular weight is 324 g/mol. The Bertz CT molecular complexity index is 527. The molecule has 132 valence electrons. The molecule has 23 heavy (non-hydrogen) atoms. The van der Waals surface area contributed by atoms with Crippen molar-refractivity contribution in [3.63, 3.8) is 0 Å². The number of amides is 1. The molecule has 1 amide bonds. The molecule has 0 radical (unpaired) electrons. The van der Waals surface area contributed by atoms with Gasteiger partial charge in [0.1, 0.15) is 5.60 Å². The maximum absolute atomic E-state index is 11.9. The molecule has 0 atom stereocenters. The van der Waals surface area contributed by atoms with Gasteiger partial charge in [-0.25, -0.2) is 4.79 Å². The summed E-state index contributed by atoms with van der Waals surface area (Å²) in [4.78, 5) is 11.9. The summed E-state index contributed by atoms with van der Waals surface area (Å²) in [5.41, 5.74) is 1.41. The summed E-state index contributed by atoms with van der Waals surface area (Å²) in [6, 6.07) is 0. The number of nitrogens with zero attached hydrogens (tertiary/aromatic N) is 2. The summed E-state index contributed by atoms with van der Waals surface area (Å²) >= 11 is 0. The zero-order valence-electron chi connectivity index (χ0n) is 15.8. The van der Waals surface area contributed by atoms with Gasteiger partial charge in [-0.15, -0.1) is 0 Å². The van der Waals surface area contributed by atoms with Crippen LogP contribution >= 0.6 is 0 Å². The summed E-state index contributed by atoms with van der Waals surface area (Å²) in [6.07, 6.45) is 1.64. The van der Waals surface area contributed by atoms with Gasteiger partial charge in [0.25, 0.3) is 0 Å². The number of aromatic nitrogens is 2. The van der Waals surface area contributed by atoms with Crippen LogP contribution in [0.3, 0.4) is 0 Å². The molecule has 6 nitrogen and oxygen atoms in total. The Balaban J connectivity index is 2.52. The Morgan fingerprint density at radius 1 is 1.30 bits per heavy atom. The molecule has 1 aromatic heterocycles. The number of carbonyl (C=O) groups excluding carboxylic acids is 1. The van der Waals surface area contributed by atoms with Crippen LogP contribution in [0.15, 0.2) is 6.20 Å². The fourth-order valence-electron chi connectivity index (χ4n) is 2.31. The van der Waals surface area contributed by atoms with E-state index in [0.717, 1.165) is 12.2 Å². The third-order valence-electron chi connectivity index (χ3n) is 3.21. The molecule has 0 saturated heterocycles. The lowest BCUT2D eigenvalue weighted by molar-refractivity contribution is 0.0472. The number of aryl methyl sites for hydroxylation is 1. The molecule has 6 heteroatoms. The first kappa shape index (κ1) is 19.5. The number of nitrogens with one attached hydrogen (secondary N) is 2. The van der Waals surface area contributed by atoms with Crippen molar-refractivity contribution in [2.75, 3.05) is 6.54 Å². The maximum Gasteiger partial charge on any atom is 0.408 e. The lowest BCUT2D eigenvalue weighted by Gasteiger charge is -2.29. The van der Waals surface area contributed by atoms with Gasteiger partial charge in [-0.1, -0.05) is 13.8 Å². The minimum absolute atomic E-state index is 0.390. The van der Waals surface area contributed by atoms with Crippen molar-refractivity contribution in [2.45, 2.75) is 72.1 Å². The minimum Gasteiger partial charge on any atom is -0.444 e. The first-order valence-corrected chi connectivity index (χ1v) is 8.14. The van der Waals surface area contributed by atoms with Crippen LogP contribution in [-0.4, -0.2) is 33.6 Å². The number of ether oxygens (including phenoxy) is 1. The molecular weight excluding hydrogens is 292 g/mol. The molecule has 0 aliphatic rings. The highest BCUT2D eigenvalue weighted by Crippen LogP contribution is 2.17. The second-order valence-corrected chi connectivity index (χ2v) is 7.98. The second-order valence-electron chi connectivity index (χ2n) is 7.98. The number of carbonyl (C=O) groups is 1. The molecule has 0 unspecified atom stereocenters. The van der Waals surface area contributed by atoms with E-state index in [0.29, 0.717) is 12.5 Å². The summed E-state index contributed by atoms with van der Waals surface area (Å²) in [5, 5.41) is 10.8. The molecular formula is C17H32N4O2. The quantitative estimate of drug-likeness (QED) is 0.844. The SMILES string of the molecule is CC(C)c1nn(C)cc1CNCC(C)(C)NC(=O)OC(C)(C)C. The van der Waals surface area contributed by atoms with Crippen LogP contribution in [0.1, 0.15) is 65.6 Å². The van der Waals surface area contributed by atoms with E-state index in [-0.39, 0.29) is 0 Å². The summed E-state index contributed by atoms with van der Waals surface area (Å²) < 4.78 is 7.14. The van der Waals surface area contributed by atoms with Gasteiger partial charge in [0, 0.05) is 31.9 Å². The molecule has 1 rings (SSSR count). The van der Waals surface area contributed by atoms with Gasteiger partial charge >= 0.3 is 6.09 Å². The third kappa shape index (κ3) is 7.03. The number of hydrogen-bond acceptors (Lipinski definition) is 4. The Morgan fingerprint density at radius 3 is 2.43 bits per heavy atom. The van der Waals surface area contributed by atoms with Crippen molar-refractivity contribution in [3.8, 4) is 0 Å². The van der Waals surface area contributed by atoms with Crippen LogP contribution in [0, 0.1) is 0 Å². The van der Waals surface area contributed by atoms with Gasteiger partial charge in [-0.2, -0.15) is 5.10 Å². The molecule has 0 aliphatic heterocycles. The van der Waals surface area contributed by atoms with Crippen LogP contribution in [-0.2, 0) is 18.3 Å². The van der Waals surface area contributed by atoms with Gasteiger partial charge in [0.15, 0.2) is 0 Å². The van der Waals surface area contributed by atoms with E-state index in [9.17, 15) is 4.79 Å². The fourth-order valence-corrected chi connectivity index (χ4v) is 2.31. The molecule has 2 N–H and O–H groups in total. The van der Waals surface area contributed by atoms with E-state index in [1.807, 2.05) is 52.5 Å². The number of rotatable bonds is 6. The Labute approximate surface area is 140 Å². The van der Waals surface area contributed by atoms with E-state index >= 15 is 0 Å². The topological polar surface area (TPSA) is 68.2 Å². The molecule has 0 spiro atoms. The van der Waals surface area contributed by atoms with Crippen LogP contribution in [0.4, 0.5) is 4.79 Å². The normalized spacial score (nSPS) is 12.6. The van der Waals surface area contributed by atoms with Gasteiger partial charge in [0.2, 0.25) is 0 Å². The van der Waals surface area contributed by atoms with Gasteiger partial charge in [-0.05, 0) is 40.5 Å². The number of alkyl carbamates (subject to hydrolysis) is 1. The monoisotopic (exact) mass is 324 g/mol. The van der Waals surface area contributed by atoms with Crippen LogP contribution in [0.2, 0.25) is 0 Å². The molecule has 0 aromatic carbocycles. The zero-order valence-corrected chi connectivity index (χ0v) is 15.8. The Morgan fingerprint density at radius 2 is 1.91 bits per heavy atom. The molecule has 0 fully saturated rings. The largest absolute Gasteiger partial charge is 0.444 e. The number of hydrogen-bond donors (Lipinski definition) is 2. The highest BCUT2D eigenvalue weighted by molar-refractivity contribution is 5.68. The molecule has 0 bridgehead atoms. The van der Waals surface area contributed by atoms with Crippen molar-refractivity contribution < 1.29 is 9.53 Å². The Hall–Kier alpha value is -1.56. The predicted molar refractivity (Wildman–Crippen MR) is 92.5 cm³/mol. The lowest BCUT2D eigenvalue weighted by atomic mass is 10.0. The van der Waals surface area contributed by atoms with E-state index in [4.69, 9.17) is 4.74 Å². The third-order valence-corrected chi connectivity index (χ3v) is 3.21. The van der Waals surface area contributed by atoms with Crippen LogP contribution in [0.5, 0.6) is 0 Å². The first-order valence-electron chi connectivity index (χ1n) is 8.14. The van der Waals surface area contributed by atoms with E-state index in [1.54, 1.807) is 0 Å². The Kier molecular flexibility index (Phi) is 6.22. The van der Waals surface area contributed by atoms with E-state index in [2.05, 4.69) is 29.6 Å². The van der Waals surface area contributed by atoms with Gasteiger partial charge in [0.05, 0.1) is 11.2 Å².